The Balaban J connectivity index is 3.34. The van der Waals surface area contributed by atoms with E-state index in [9.17, 15) is 19.8 Å². The second-order valence-corrected chi connectivity index (χ2v) is 25.3. The summed E-state index contributed by atoms with van der Waals surface area (Å²) in [6.07, 6.45) is 93.4. The summed E-state index contributed by atoms with van der Waals surface area (Å²) in [5.74, 6) is -0.0251. The second-order valence-electron chi connectivity index (χ2n) is 25.3. The highest BCUT2D eigenvalue weighted by molar-refractivity contribution is 5.76. The SMILES string of the molecule is CCCCC/C=C\C/C=C\CCCCCCCC(=O)OCCCCCCCCCCCCCCCCC/C=C\C/C=C\CCCCCCCCCCCCCCCCCCCC(=O)NC(CO)C(O)CCCCCCCCCCCCC. The van der Waals surface area contributed by atoms with Crippen LogP contribution in [-0.4, -0.2) is 47.4 Å². The van der Waals surface area contributed by atoms with Crippen molar-refractivity contribution in [3.8, 4) is 0 Å². The van der Waals surface area contributed by atoms with Gasteiger partial charge in [-0.15, -0.1) is 0 Å². The van der Waals surface area contributed by atoms with Gasteiger partial charge in [0.2, 0.25) is 5.91 Å². The van der Waals surface area contributed by atoms with Crippen LogP contribution in [-0.2, 0) is 14.3 Å². The van der Waals surface area contributed by atoms with Crippen LogP contribution in [0.2, 0.25) is 0 Å². The molecule has 0 saturated heterocycles. The second kappa shape index (κ2) is 71.3. The number of rotatable bonds is 69. The van der Waals surface area contributed by atoms with Gasteiger partial charge in [0.05, 0.1) is 25.4 Å². The first-order chi connectivity index (χ1) is 40.5. The third-order valence-corrected chi connectivity index (χ3v) is 17.1. The first-order valence-electron chi connectivity index (χ1n) is 36.9. The predicted molar refractivity (Wildman–Crippen MR) is 361 cm³/mol. The van der Waals surface area contributed by atoms with Crippen molar-refractivity contribution < 1.29 is 24.5 Å². The number of nitrogens with one attached hydrogen (secondary N) is 1. The minimum Gasteiger partial charge on any atom is -0.466 e. The summed E-state index contributed by atoms with van der Waals surface area (Å²) in [4.78, 5) is 24.5. The fourth-order valence-corrected chi connectivity index (χ4v) is 11.5. The molecule has 2 atom stereocenters. The number of carbonyl (C=O) groups is 2. The third kappa shape index (κ3) is 67.0. The number of hydrogen-bond acceptors (Lipinski definition) is 5. The molecule has 0 aromatic rings. The van der Waals surface area contributed by atoms with Crippen LogP contribution < -0.4 is 5.32 Å². The van der Waals surface area contributed by atoms with Gasteiger partial charge in [-0.3, -0.25) is 9.59 Å². The summed E-state index contributed by atoms with van der Waals surface area (Å²) in [6.45, 7) is 4.93. The first-order valence-corrected chi connectivity index (χ1v) is 36.9. The maximum atomic E-state index is 12.5. The topological polar surface area (TPSA) is 95.9 Å². The van der Waals surface area contributed by atoms with Crippen LogP contribution in [0, 0.1) is 0 Å². The minimum absolute atomic E-state index is 0.00632. The van der Waals surface area contributed by atoms with Crippen molar-refractivity contribution in [2.24, 2.45) is 0 Å². The Morgan fingerprint density at radius 1 is 0.341 bits per heavy atom. The van der Waals surface area contributed by atoms with Gasteiger partial charge < -0.3 is 20.3 Å². The number of unbranched alkanes of at least 4 members (excludes halogenated alkanes) is 50. The van der Waals surface area contributed by atoms with Crippen molar-refractivity contribution in [2.75, 3.05) is 13.2 Å². The van der Waals surface area contributed by atoms with Crippen molar-refractivity contribution in [1.29, 1.82) is 0 Å². The Morgan fingerprint density at radius 3 is 0.951 bits per heavy atom. The van der Waals surface area contributed by atoms with Crippen LogP contribution in [0.15, 0.2) is 48.6 Å². The molecule has 2 unspecified atom stereocenters. The van der Waals surface area contributed by atoms with Gasteiger partial charge in [0, 0.05) is 12.8 Å². The summed E-state index contributed by atoms with van der Waals surface area (Å²) in [5.41, 5.74) is 0. The molecule has 0 spiro atoms. The Labute approximate surface area is 512 Å². The zero-order valence-corrected chi connectivity index (χ0v) is 55.2. The van der Waals surface area contributed by atoms with E-state index in [1.54, 1.807) is 0 Å². The predicted octanol–water partition coefficient (Wildman–Crippen LogP) is 24.0. The Kier molecular flexibility index (Phi) is 69.4. The van der Waals surface area contributed by atoms with Crippen LogP contribution >= 0.6 is 0 Å². The maximum absolute atomic E-state index is 12.5. The molecule has 82 heavy (non-hydrogen) atoms. The average Bonchev–Trinajstić information content (AvgIpc) is 3.48. The molecule has 0 aliphatic carbocycles. The van der Waals surface area contributed by atoms with E-state index < -0.39 is 12.1 Å². The van der Waals surface area contributed by atoms with E-state index in [1.165, 1.54) is 308 Å². The Hall–Kier alpha value is -2.18. The molecule has 0 saturated carbocycles. The van der Waals surface area contributed by atoms with Gasteiger partial charge in [-0.25, -0.2) is 0 Å². The van der Waals surface area contributed by atoms with E-state index in [2.05, 4.69) is 67.8 Å². The van der Waals surface area contributed by atoms with Gasteiger partial charge in [0.1, 0.15) is 0 Å². The molecule has 0 bridgehead atoms. The van der Waals surface area contributed by atoms with Crippen LogP contribution in [0.5, 0.6) is 0 Å². The Bertz CT molecular complexity index is 1370. The molecule has 0 fully saturated rings. The van der Waals surface area contributed by atoms with Gasteiger partial charge in [-0.1, -0.05) is 345 Å². The lowest BCUT2D eigenvalue weighted by molar-refractivity contribution is -0.143. The van der Waals surface area contributed by atoms with Crippen LogP contribution in [0.25, 0.3) is 0 Å². The summed E-state index contributed by atoms with van der Waals surface area (Å²) in [5, 5.41) is 23.2. The van der Waals surface area contributed by atoms with Crippen molar-refractivity contribution in [3.63, 3.8) is 0 Å². The maximum Gasteiger partial charge on any atom is 0.305 e. The zero-order valence-electron chi connectivity index (χ0n) is 55.2. The Morgan fingerprint density at radius 2 is 0.610 bits per heavy atom. The largest absolute Gasteiger partial charge is 0.466 e. The summed E-state index contributed by atoms with van der Waals surface area (Å²) >= 11 is 0. The van der Waals surface area contributed by atoms with E-state index in [4.69, 9.17) is 4.74 Å². The average molecular weight is 1150 g/mol. The fraction of sp³-hybridized carbons (Fsp3) is 0.868. The standard InChI is InChI=1S/C76H143NO5/c1-3-5-7-9-11-13-15-16-42-46-50-54-58-62-66-70-76(81)82-71-67-63-59-55-51-47-44-41-39-37-35-33-31-29-27-25-23-21-19-17-18-20-22-24-26-28-30-32-34-36-38-40-43-45-49-53-57-61-65-69-75(80)77-73(72-78)74(79)68-64-60-56-52-48-14-12-10-8-6-4-2/h11,13,16-18,21,23,42,73-74,78-79H,3-10,12,14-15,19-20,22,24-41,43-72H2,1-2H3,(H,77,80)/b13-11-,18-17-,23-21-,42-16-. The van der Waals surface area contributed by atoms with Crippen molar-refractivity contribution >= 4 is 11.9 Å². The number of ether oxygens (including phenoxy) is 1. The summed E-state index contributed by atoms with van der Waals surface area (Å²) in [7, 11) is 0. The molecule has 0 heterocycles. The molecule has 6 nitrogen and oxygen atoms in total. The smallest absolute Gasteiger partial charge is 0.305 e. The summed E-state index contributed by atoms with van der Waals surface area (Å²) < 4.78 is 5.49. The monoisotopic (exact) mass is 1150 g/mol. The molecule has 3 N–H and O–H groups in total. The van der Waals surface area contributed by atoms with Gasteiger partial charge >= 0.3 is 5.97 Å². The molecule has 0 aromatic carbocycles. The van der Waals surface area contributed by atoms with Crippen LogP contribution in [0.3, 0.4) is 0 Å². The molecule has 0 rings (SSSR count). The number of aliphatic hydroxyl groups is 2. The molecular formula is C76H143NO5. The quantitative estimate of drug-likeness (QED) is 0.0320. The van der Waals surface area contributed by atoms with Gasteiger partial charge in [-0.2, -0.15) is 0 Å². The van der Waals surface area contributed by atoms with E-state index in [-0.39, 0.29) is 18.5 Å². The van der Waals surface area contributed by atoms with Gasteiger partial charge in [-0.05, 0) is 89.9 Å². The number of amides is 1. The number of hydrogen-bond donors (Lipinski definition) is 3. The molecule has 482 valence electrons. The lowest BCUT2D eigenvalue weighted by Gasteiger charge is -2.22. The fourth-order valence-electron chi connectivity index (χ4n) is 11.5. The highest BCUT2D eigenvalue weighted by Crippen LogP contribution is 2.19. The first kappa shape index (κ1) is 79.8. The minimum atomic E-state index is -0.661. The number of esters is 1. The van der Waals surface area contributed by atoms with Crippen LogP contribution in [0.1, 0.15) is 399 Å². The molecule has 1 amide bonds. The van der Waals surface area contributed by atoms with E-state index in [1.807, 2.05) is 0 Å². The van der Waals surface area contributed by atoms with Crippen molar-refractivity contribution in [3.05, 3.63) is 48.6 Å². The molecule has 0 aliphatic rings. The van der Waals surface area contributed by atoms with E-state index in [0.29, 0.717) is 25.9 Å². The van der Waals surface area contributed by atoms with Gasteiger partial charge in [0.15, 0.2) is 0 Å². The molecular weight excluding hydrogens is 1010 g/mol. The molecule has 0 aliphatic heterocycles. The van der Waals surface area contributed by atoms with E-state index in [0.717, 1.165) is 57.8 Å². The lowest BCUT2D eigenvalue weighted by atomic mass is 10.0. The van der Waals surface area contributed by atoms with E-state index >= 15 is 0 Å². The van der Waals surface area contributed by atoms with Crippen LogP contribution in [0.4, 0.5) is 0 Å². The number of carbonyl (C=O) groups excluding carboxylic acids is 2. The zero-order chi connectivity index (χ0) is 59.2. The highest BCUT2D eigenvalue weighted by atomic mass is 16.5. The number of allylic oxidation sites excluding steroid dienone is 8. The normalized spacial score (nSPS) is 12.8. The number of aliphatic hydroxyl groups excluding tert-OH is 2. The molecule has 6 heteroatoms. The molecule has 0 radical (unpaired) electrons. The lowest BCUT2D eigenvalue weighted by Crippen LogP contribution is -2.45. The van der Waals surface area contributed by atoms with Crippen molar-refractivity contribution in [1.82, 2.24) is 5.32 Å². The van der Waals surface area contributed by atoms with Gasteiger partial charge in [0.25, 0.3) is 0 Å². The molecule has 0 aromatic heterocycles. The van der Waals surface area contributed by atoms with Crippen molar-refractivity contribution in [2.45, 2.75) is 411 Å². The third-order valence-electron chi connectivity index (χ3n) is 17.1. The summed E-state index contributed by atoms with van der Waals surface area (Å²) in [6, 6.07) is -0.538. The highest BCUT2D eigenvalue weighted by Gasteiger charge is 2.20.